The standard InChI is InChI=1S/C36H41N14O9P/c1-18(2)31(52)45-36-44-30-26(33(54)46-36)42-17-50(30)35-27(19(3)22(13-51)57-35)59-60(55-12-8-11-37)56-14-23-24(47-48-38)20(4)34(58-23)49-16-41-25-28(39-15-40-29(25)49)43-32(53)21-9-6-5-7-10-21/h5-7,9-10,15-20,22-24,27,34-35,51H,8,12-14H2,1-4H3,(H,39,40,43,53)(H2,44,45,46,52,54). The van der Waals surface area contributed by atoms with E-state index in [9.17, 15) is 30.3 Å². The molecule has 6 heterocycles. The van der Waals surface area contributed by atoms with Gasteiger partial charge in [0.15, 0.2) is 34.4 Å². The van der Waals surface area contributed by atoms with Gasteiger partial charge in [-0.15, -0.1) is 0 Å². The van der Waals surface area contributed by atoms with Gasteiger partial charge in [0.05, 0.1) is 63.2 Å². The fourth-order valence-corrected chi connectivity index (χ4v) is 8.05. The Kier molecular flexibility index (Phi) is 13.0. The summed E-state index contributed by atoms with van der Waals surface area (Å²) in [6, 6.07) is 9.91. The van der Waals surface area contributed by atoms with Crippen molar-refractivity contribution in [3.63, 3.8) is 0 Å². The third-order valence-corrected chi connectivity index (χ3v) is 11.3. The first-order chi connectivity index (χ1) is 29.0. The van der Waals surface area contributed by atoms with E-state index in [-0.39, 0.29) is 61.0 Å². The van der Waals surface area contributed by atoms with Gasteiger partial charge in [0.25, 0.3) is 11.5 Å². The lowest BCUT2D eigenvalue weighted by Crippen LogP contribution is -2.30. The maximum absolute atomic E-state index is 13.0. The Labute approximate surface area is 342 Å². The van der Waals surface area contributed by atoms with Crippen LogP contribution in [0.1, 0.15) is 56.9 Å². The SMILES string of the molecule is CC(C)C(=O)Nc1nc2c(ncn2C2OC(CO)C(C)C2OP(OCCC#N)OCC2OC(n3cnc4c(NC(=O)c5ccccc5)ncnc43)C(C)C2N=[N+]=[N-])c(=O)[nH]1. The summed E-state index contributed by atoms with van der Waals surface area (Å²) in [4.78, 5) is 65.7. The number of amides is 2. The number of H-pyrrole nitrogens is 1. The normalized spacial score (nSPS) is 24.4. The Morgan fingerprint density at radius 1 is 1.03 bits per heavy atom. The van der Waals surface area contributed by atoms with Gasteiger partial charge < -0.3 is 33.5 Å². The summed E-state index contributed by atoms with van der Waals surface area (Å²) in [6.07, 6.45) is -0.0730. The molecule has 9 unspecified atom stereocenters. The molecule has 2 fully saturated rings. The summed E-state index contributed by atoms with van der Waals surface area (Å²) >= 11 is 0. The van der Waals surface area contributed by atoms with Crippen molar-refractivity contribution in [3.05, 3.63) is 75.7 Å². The molecule has 2 saturated heterocycles. The largest absolute Gasteiger partial charge is 0.394 e. The summed E-state index contributed by atoms with van der Waals surface area (Å²) < 4.78 is 34.5. The number of carbonyl (C=O) groups excluding carboxylic acids is 2. The lowest BCUT2D eigenvalue weighted by molar-refractivity contribution is -0.118. The molecule has 9 atom stereocenters. The number of carbonyl (C=O) groups is 2. The topological polar surface area (TPSA) is 304 Å². The number of aromatic amines is 1. The van der Waals surface area contributed by atoms with E-state index in [1.54, 1.807) is 55.7 Å². The number of imidazole rings is 2. The van der Waals surface area contributed by atoms with Crippen LogP contribution in [0, 0.1) is 29.1 Å². The van der Waals surface area contributed by atoms with Crippen LogP contribution in [0.15, 0.2) is 59.2 Å². The van der Waals surface area contributed by atoms with Gasteiger partial charge in [0.2, 0.25) is 11.9 Å². The van der Waals surface area contributed by atoms with Crippen molar-refractivity contribution in [2.45, 2.75) is 70.9 Å². The van der Waals surface area contributed by atoms with E-state index in [1.165, 1.54) is 23.5 Å². The van der Waals surface area contributed by atoms with E-state index in [1.807, 2.05) is 13.0 Å². The molecule has 1 aromatic carbocycles. The van der Waals surface area contributed by atoms with Gasteiger partial charge in [-0.25, -0.2) is 19.9 Å². The molecule has 5 aromatic rings. The number of anilines is 2. The monoisotopic (exact) mass is 844 g/mol. The lowest BCUT2D eigenvalue weighted by Gasteiger charge is -2.27. The second-order valence-electron chi connectivity index (χ2n) is 14.3. The number of nitrogens with one attached hydrogen (secondary N) is 3. The van der Waals surface area contributed by atoms with Crippen LogP contribution >= 0.6 is 8.60 Å². The molecule has 314 valence electrons. The number of fused-ring (bicyclic) bond motifs is 2. The van der Waals surface area contributed by atoms with Crippen LogP contribution in [0.5, 0.6) is 0 Å². The number of benzene rings is 1. The van der Waals surface area contributed by atoms with Crippen LogP contribution in [0.4, 0.5) is 11.8 Å². The molecular formula is C36H41N14O9P. The van der Waals surface area contributed by atoms with Gasteiger partial charge in [-0.1, -0.05) is 51.0 Å². The Hall–Kier alpha value is -5.95. The Bertz CT molecular complexity index is 2490. The molecule has 24 heteroatoms. The number of ether oxygens (including phenoxy) is 2. The molecule has 0 aliphatic carbocycles. The zero-order valence-electron chi connectivity index (χ0n) is 32.7. The third kappa shape index (κ3) is 8.67. The van der Waals surface area contributed by atoms with E-state index in [4.69, 9.17) is 23.0 Å². The average molecular weight is 845 g/mol. The first kappa shape index (κ1) is 42.2. The number of nitriles is 1. The zero-order chi connectivity index (χ0) is 42.5. The van der Waals surface area contributed by atoms with Crippen molar-refractivity contribution >= 4 is 54.5 Å². The summed E-state index contributed by atoms with van der Waals surface area (Å²) in [7, 11) is -2.28. The van der Waals surface area contributed by atoms with Crippen LogP contribution in [-0.4, -0.2) is 100 Å². The van der Waals surface area contributed by atoms with Crippen LogP contribution in [0.25, 0.3) is 32.8 Å². The van der Waals surface area contributed by atoms with Gasteiger partial charge in [-0.3, -0.25) is 33.8 Å². The number of aliphatic hydroxyl groups is 1. The van der Waals surface area contributed by atoms with Crippen LogP contribution < -0.4 is 16.2 Å². The fourth-order valence-electron chi connectivity index (χ4n) is 6.85. The highest BCUT2D eigenvalue weighted by Crippen LogP contribution is 2.49. The highest BCUT2D eigenvalue weighted by atomic mass is 31.2. The highest BCUT2D eigenvalue weighted by Gasteiger charge is 2.48. The highest BCUT2D eigenvalue weighted by molar-refractivity contribution is 7.41. The number of nitrogens with zero attached hydrogens (tertiary/aromatic N) is 11. The molecular weight excluding hydrogens is 803 g/mol. The minimum atomic E-state index is -2.28. The number of hydrogen-bond donors (Lipinski definition) is 4. The van der Waals surface area contributed by atoms with E-state index >= 15 is 0 Å². The van der Waals surface area contributed by atoms with Crippen LogP contribution in [-0.2, 0) is 27.8 Å². The third-order valence-electron chi connectivity index (χ3n) is 10.1. The van der Waals surface area contributed by atoms with Crippen molar-refractivity contribution in [1.82, 2.24) is 39.0 Å². The molecule has 7 rings (SSSR count). The lowest BCUT2D eigenvalue weighted by atomic mass is 10.00. The van der Waals surface area contributed by atoms with Gasteiger partial charge in [-0.2, -0.15) is 10.2 Å². The Morgan fingerprint density at radius 3 is 2.48 bits per heavy atom. The summed E-state index contributed by atoms with van der Waals surface area (Å²) in [6.45, 7) is 6.39. The molecule has 0 radical (unpaired) electrons. The predicted octanol–water partition coefficient (Wildman–Crippen LogP) is 4.10. The van der Waals surface area contributed by atoms with Crippen molar-refractivity contribution in [3.8, 4) is 6.07 Å². The maximum Gasteiger partial charge on any atom is 0.333 e. The number of azide groups is 1. The Morgan fingerprint density at radius 2 is 1.77 bits per heavy atom. The first-order valence-electron chi connectivity index (χ1n) is 18.9. The number of hydrogen-bond acceptors (Lipinski definition) is 16. The van der Waals surface area contributed by atoms with Crippen molar-refractivity contribution in [1.29, 1.82) is 5.26 Å². The summed E-state index contributed by atoms with van der Waals surface area (Å²) in [5.41, 5.74) is 10.1. The van der Waals surface area contributed by atoms with Crippen LogP contribution in [0.3, 0.4) is 0 Å². The average Bonchev–Trinajstić information content (AvgIpc) is 4.01. The van der Waals surface area contributed by atoms with E-state index in [0.29, 0.717) is 16.7 Å². The second kappa shape index (κ2) is 18.5. The van der Waals surface area contributed by atoms with Crippen molar-refractivity contribution in [2.24, 2.45) is 22.9 Å². The number of aromatic nitrogens is 8. The molecule has 2 aliphatic heterocycles. The quantitative estimate of drug-likeness (QED) is 0.0357. The summed E-state index contributed by atoms with van der Waals surface area (Å²) in [5, 5.41) is 28.9. The van der Waals surface area contributed by atoms with Gasteiger partial charge in [-0.05, 0) is 17.7 Å². The van der Waals surface area contributed by atoms with E-state index in [0.717, 1.165) is 0 Å². The summed E-state index contributed by atoms with van der Waals surface area (Å²) in [5.74, 6) is -1.95. The molecule has 4 N–H and O–H groups in total. The first-order valence-corrected chi connectivity index (χ1v) is 20.0. The van der Waals surface area contributed by atoms with Gasteiger partial charge in [0, 0.05) is 28.2 Å². The van der Waals surface area contributed by atoms with Gasteiger partial charge >= 0.3 is 8.60 Å². The van der Waals surface area contributed by atoms with E-state index in [2.05, 4.69) is 50.6 Å². The number of aliphatic hydroxyl groups excluding tert-OH is 1. The Balaban J connectivity index is 1.12. The molecule has 4 aromatic heterocycles. The van der Waals surface area contributed by atoms with Crippen LogP contribution in [0.2, 0.25) is 0 Å². The molecule has 2 aliphatic rings. The smallest absolute Gasteiger partial charge is 0.333 e. The number of rotatable bonds is 16. The second-order valence-corrected chi connectivity index (χ2v) is 15.5. The predicted molar refractivity (Wildman–Crippen MR) is 211 cm³/mol. The maximum atomic E-state index is 13.0. The molecule has 0 spiro atoms. The molecule has 0 saturated carbocycles. The minimum Gasteiger partial charge on any atom is -0.394 e. The molecule has 60 heavy (non-hydrogen) atoms. The zero-order valence-corrected chi connectivity index (χ0v) is 33.6. The minimum absolute atomic E-state index is 0.0123. The molecule has 2 amide bonds. The van der Waals surface area contributed by atoms with E-state index < -0.39 is 68.7 Å². The van der Waals surface area contributed by atoms with Gasteiger partial charge in [0.1, 0.15) is 18.7 Å². The van der Waals surface area contributed by atoms with Crippen molar-refractivity contribution in [2.75, 3.05) is 30.5 Å². The fraction of sp³-hybridized carbons (Fsp3) is 0.472. The molecule has 23 nitrogen and oxygen atoms in total. The molecule has 0 bridgehead atoms. The van der Waals surface area contributed by atoms with Crippen molar-refractivity contribution < 1.29 is 37.7 Å².